The third-order valence-corrected chi connectivity index (χ3v) is 3.75. The second kappa shape index (κ2) is 9.15. The van der Waals surface area contributed by atoms with Crippen molar-refractivity contribution in [3.63, 3.8) is 0 Å². The van der Waals surface area contributed by atoms with Crippen molar-refractivity contribution < 1.29 is 5.11 Å². The fourth-order valence-electron chi connectivity index (χ4n) is 2.39. The van der Waals surface area contributed by atoms with E-state index in [2.05, 4.69) is 19.2 Å². The van der Waals surface area contributed by atoms with Crippen LogP contribution < -0.4 is 5.32 Å². The molecule has 0 aromatic heterocycles. The first-order valence-electron chi connectivity index (χ1n) is 8.01. The van der Waals surface area contributed by atoms with Crippen molar-refractivity contribution in [3.8, 4) is 0 Å². The van der Waals surface area contributed by atoms with Gasteiger partial charge in [0.1, 0.15) is 0 Å². The summed E-state index contributed by atoms with van der Waals surface area (Å²) in [6.07, 6.45) is 6.50. The zero-order valence-corrected chi connectivity index (χ0v) is 13.4. The molecule has 0 aliphatic carbocycles. The van der Waals surface area contributed by atoms with Gasteiger partial charge in [-0.15, -0.1) is 0 Å². The number of hydrogen-bond donors (Lipinski definition) is 2. The molecule has 0 heterocycles. The van der Waals surface area contributed by atoms with E-state index in [1.807, 2.05) is 37.3 Å². The molecule has 2 heteroatoms. The fraction of sp³-hybridized carbons (Fsp3) is 0.667. The van der Waals surface area contributed by atoms with Gasteiger partial charge in [0, 0.05) is 6.54 Å². The van der Waals surface area contributed by atoms with Crippen LogP contribution in [0.1, 0.15) is 58.4 Å². The number of hydrogen-bond acceptors (Lipinski definition) is 2. The quantitative estimate of drug-likeness (QED) is 0.631. The van der Waals surface area contributed by atoms with Gasteiger partial charge in [-0.25, -0.2) is 0 Å². The minimum Gasteiger partial charge on any atom is -0.384 e. The largest absolute Gasteiger partial charge is 0.384 e. The van der Waals surface area contributed by atoms with Gasteiger partial charge >= 0.3 is 0 Å². The van der Waals surface area contributed by atoms with E-state index < -0.39 is 5.60 Å². The number of benzene rings is 1. The van der Waals surface area contributed by atoms with Gasteiger partial charge in [0.05, 0.1) is 5.60 Å². The first kappa shape index (κ1) is 17.2. The molecule has 1 aromatic carbocycles. The van der Waals surface area contributed by atoms with E-state index in [1.54, 1.807) is 0 Å². The van der Waals surface area contributed by atoms with E-state index in [0.29, 0.717) is 6.54 Å². The second-order valence-corrected chi connectivity index (χ2v) is 6.41. The van der Waals surface area contributed by atoms with Crippen LogP contribution >= 0.6 is 0 Å². The monoisotopic (exact) mass is 277 g/mol. The van der Waals surface area contributed by atoms with Crippen LogP contribution in [0.3, 0.4) is 0 Å². The standard InChI is InChI=1S/C18H31NO/c1-16(2)11-7-4-5-10-14-19-15-18(3,20)17-12-8-6-9-13-17/h6,8-9,12-13,16,19-20H,4-5,7,10-11,14-15H2,1-3H3. The molecule has 114 valence electrons. The zero-order chi connectivity index (χ0) is 14.8. The molecular weight excluding hydrogens is 246 g/mol. The summed E-state index contributed by atoms with van der Waals surface area (Å²) in [6, 6.07) is 9.88. The summed E-state index contributed by atoms with van der Waals surface area (Å²) < 4.78 is 0. The van der Waals surface area contributed by atoms with Crippen LogP contribution in [0.5, 0.6) is 0 Å². The predicted molar refractivity (Wildman–Crippen MR) is 86.8 cm³/mol. The maximum atomic E-state index is 10.4. The number of aliphatic hydroxyl groups is 1. The molecule has 1 atom stereocenters. The molecular formula is C18H31NO. The SMILES string of the molecule is CC(C)CCCCCCNCC(C)(O)c1ccccc1. The van der Waals surface area contributed by atoms with Gasteiger partial charge in [-0.3, -0.25) is 0 Å². The molecule has 0 fully saturated rings. The van der Waals surface area contributed by atoms with Gasteiger partial charge in [-0.2, -0.15) is 0 Å². The van der Waals surface area contributed by atoms with Crippen molar-refractivity contribution in [1.29, 1.82) is 0 Å². The number of unbranched alkanes of at least 4 members (excludes halogenated alkanes) is 3. The summed E-state index contributed by atoms with van der Waals surface area (Å²) in [5, 5.41) is 13.8. The van der Waals surface area contributed by atoms with Crippen LogP contribution in [-0.4, -0.2) is 18.2 Å². The smallest absolute Gasteiger partial charge is 0.0992 e. The maximum absolute atomic E-state index is 10.4. The Morgan fingerprint density at radius 1 is 1.05 bits per heavy atom. The topological polar surface area (TPSA) is 32.3 Å². The highest BCUT2D eigenvalue weighted by Gasteiger charge is 2.21. The predicted octanol–water partition coefficient (Wildman–Crippen LogP) is 4.09. The van der Waals surface area contributed by atoms with Crippen molar-refractivity contribution >= 4 is 0 Å². The lowest BCUT2D eigenvalue weighted by atomic mass is 9.96. The average Bonchev–Trinajstić information content (AvgIpc) is 2.42. The highest BCUT2D eigenvalue weighted by molar-refractivity contribution is 5.21. The van der Waals surface area contributed by atoms with E-state index in [-0.39, 0.29) is 0 Å². The minimum absolute atomic E-state index is 0.614. The summed E-state index contributed by atoms with van der Waals surface area (Å²) >= 11 is 0. The average molecular weight is 277 g/mol. The van der Waals surface area contributed by atoms with Crippen LogP contribution in [-0.2, 0) is 5.60 Å². The van der Waals surface area contributed by atoms with Crippen LogP contribution in [0.4, 0.5) is 0 Å². The first-order valence-corrected chi connectivity index (χ1v) is 8.01. The Hall–Kier alpha value is -0.860. The van der Waals surface area contributed by atoms with E-state index in [0.717, 1.165) is 18.0 Å². The van der Waals surface area contributed by atoms with Gasteiger partial charge in [0.15, 0.2) is 0 Å². The molecule has 0 bridgehead atoms. The van der Waals surface area contributed by atoms with Gasteiger partial charge < -0.3 is 10.4 Å². The molecule has 1 unspecified atom stereocenters. The Kier molecular flexibility index (Phi) is 7.86. The normalized spacial score (nSPS) is 14.4. The molecule has 1 rings (SSSR count). The minimum atomic E-state index is -0.779. The first-order chi connectivity index (χ1) is 9.52. The lowest BCUT2D eigenvalue weighted by Crippen LogP contribution is -2.35. The Balaban J connectivity index is 2.09. The Bertz CT molecular complexity index is 346. The van der Waals surface area contributed by atoms with Gasteiger partial charge in [-0.1, -0.05) is 69.9 Å². The molecule has 0 spiro atoms. The fourth-order valence-corrected chi connectivity index (χ4v) is 2.39. The van der Waals surface area contributed by atoms with Crippen LogP contribution in [0.25, 0.3) is 0 Å². The summed E-state index contributed by atoms with van der Waals surface area (Å²) in [4.78, 5) is 0. The van der Waals surface area contributed by atoms with Crippen LogP contribution in [0.2, 0.25) is 0 Å². The molecule has 2 N–H and O–H groups in total. The summed E-state index contributed by atoms with van der Waals surface area (Å²) in [6.45, 7) is 8.05. The van der Waals surface area contributed by atoms with E-state index in [1.165, 1.54) is 32.1 Å². The third kappa shape index (κ3) is 7.06. The van der Waals surface area contributed by atoms with Crippen molar-refractivity contribution in [1.82, 2.24) is 5.32 Å². The van der Waals surface area contributed by atoms with Gasteiger partial charge in [-0.05, 0) is 31.4 Å². The van der Waals surface area contributed by atoms with E-state index >= 15 is 0 Å². The molecule has 20 heavy (non-hydrogen) atoms. The van der Waals surface area contributed by atoms with Crippen LogP contribution in [0.15, 0.2) is 30.3 Å². The third-order valence-electron chi connectivity index (χ3n) is 3.75. The lowest BCUT2D eigenvalue weighted by molar-refractivity contribution is 0.0571. The Labute approximate surface area is 124 Å². The number of nitrogens with one attached hydrogen (secondary N) is 1. The zero-order valence-electron chi connectivity index (χ0n) is 13.4. The Morgan fingerprint density at radius 2 is 1.70 bits per heavy atom. The number of rotatable bonds is 10. The highest BCUT2D eigenvalue weighted by Crippen LogP contribution is 2.18. The van der Waals surface area contributed by atoms with Crippen molar-refractivity contribution in [2.24, 2.45) is 5.92 Å². The van der Waals surface area contributed by atoms with E-state index in [4.69, 9.17) is 0 Å². The van der Waals surface area contributed by atoms with Crippen molar-refractivity contribution in [2.75, 3.05) is 13.1 Å². The summed E-state index contributed by atoms with van der Waals surface area (Å²) in [5.41, 5.74) is 0.197. The van der Waals surface area contributed by atoms with E-state index in [9.17, 15) is 5.11 Å². The van der Waals surface area contributed by atoms with Crippen molar-refractivity contribution in [3.05, 3.63) is 35.9 Å². The summed E-state index contributed by atoms with van der Waals surface area (Å²) in [7, 11) is 0. The molecule has 0 saturated heterocycles. The van der Waals surface area contributed by atoms with Crippen molar-refractivity contribution in [2.45, 2.75) is 58.5 Å². The molecule has 0 amide bonds. The molecule has 1 aromatic rings. The van der Waals surface area contributed by atoms with Crippen LogP contribution in [0, 0.1) is 5.92 Å². The van der Waals surface area contributed by atoms with Gasteiger partial charge in [0.25, 0.3) is 0 Å². The molecule has 0 aliphatic heterocycles. The molecule has 0 aliphatic rings. The molecule has 2 nitrogen and oxygen atoms in total. The maximum Gasteiger partial charge on any atom is 0.0992 e. The lowest BCUT2D eigenvalue weighted by Gasteiger charge is -2.24. The highest BCUT2D eigenvalue weighted by atomic mass is 16.3. The molecule has 0 radical (unpaired) electrons. The Morgan fingerprint density at radius 3 is 2.35 bits per heavy atom. The molecule has 0 saturated carbocycles. The van der Waals surface area contributed by atoms with Gasteiger partial charge in [0.2, 0.25) is 0 Å². The second-order valence-electron chi connectivity index (χ2n) is 6.41. The summed E-state index contributed by atoms with van der Waals surface area (Å²) in [5.74, 6) is 0.828.